The number of halogens is 2. The van der Waals surface area contributed by atoms with Gasteiger partial charge < -0.3 is 15.6 Å². The molecule has 0 radical (unpaired) electrons. The van der Waals surface area contributed by atoms with E-state index in [9.17, 15) is 13.4 Å². The molecule has 1 amide bonds. The Labute approximate surface area is 222 Å². The second-order valence-corrected chi connectivity index (χ2v) is 11.7. The second-order valence-electron chi connectivity index (χ2n) is 8.42. The number of imidazole rings is 1. The van der Waals surface area contributed by atoms with Crippen LogP contribution in [0.1, 0.15) is 27.8 Å². The van der Waals surface area contributed by atoms with E-state index in [-0.39, 0.29) is 29.4 Å². The van der Waals surface area contributed by atoms with Crippen molar-refractivity contribution in [1.29, 1.82) is 5.41 Å². The fourth-order valence-corrected chi connectivity index (χ4v) is 6.89. The molecule has 3 aromatic heterocycles. The maximum absolute atomic E-state index is 14.9. The second kappa shape index (κ2) is 10.5. The monoisotopic (exact) mass is 557 g/mol. The summed E-state index contributed by atoms with van der Waals surface area (Å²) in [6.45, 7) is 0. The number of nitrogens with zero attached hydrogens (tertiary/aromatic N) is 4. The van der Waals surface area contributed by atoms with Crippen LogP contribution in [0.3, 0.4) is 0 Å². The number of fused-ring (bicyclic) bond motifs is 1. The van der Waals surface area contributed by atoms with Crippen LogP contribution in [-0.2, 0) is 10.8 Å². The highest BCUT2D eigenvalue weighted by Crippen LogP contribution is 2.34. The molecule has 4 heterocycles. The summed E-state index contributed by atoms with van der Waals surface area (Å²) in [7, 11) is -1.26. The van der Waals surface area contributed by atoms with E-state index >= 15 is 0 Å². The molecule has 0 saturated carbocycles. The van der Waals surface area contributed by atoms with E-state index in [1.807, 2.05) is 4.57 Å². The number of aromatic nitrogens is 3. The molecule has 3 unspecified atom stereocenters. The van der Waals surface area contributed by atoms with E-state index in [1.165, 1.54) is 23.6 Å². The third kappa shape index (κ3) is 5.17. The highest BCUT2D eigenvalue weighted by molar-refractivity contribution is 7.85. The van der Waals surface area contributed by atoms with Gasteiger partial charge in [0.1, 0.15) is 29.2 Å². The molecular formula is C24H21ClFN7O2S2. The van der Waals surface area contributed by atoms with Crippen molar-refractivity contribution >= 4 is 62.9 Å². The van der Waals surface area contributed by atoms with Gasteiger partial charge in [0.05, 0.1) is 26.5 Å². The molecule has 5 rings (SSSR count). The lowest BCUT2D eigenvalue weighted by molar-refractivity contribution is 0.0940. The molecule has 13 heteroatoms. The number of carbonyl (C=O) groups is 1. The molecule has 4 aromatic rings. The van der Waals surface area contributed by atoms with Crippen molar-refractivity contribution in [2.24, 2.45) is 10.7 Å². The fraction of sp³-hybridized carbons (Fsp3) is 0.208. The van der Waals surface area contributed by atoms with Crippen molar-refractivity contribution in [1.82, 2.24) is 19.9 Å². The van der Waals surface area contributed by atoms with Crippen LogP contribution in [-0.4, -0.2) is 54.4 Å². The molecule has 37 heavy (non-hydrogen) atoms. The van der Waals surface area contributed by atoms with Gasteiger partial charge in [-0.2, -0.15) is 0 Å². The number of hydrogen-bond acceptors (Lipinski definition) is 6. The third-order valence-electron chi connectivity index (χ3n) is 5.98. The van der Waals surface area contributed by atoms with E-state index in [0.717, 1.165) is 6.34 Å². The molecule has 4 N–H and O–H groups in total. The lowest BCUT2D eigenvalue weighted by Crippen LogP contribution is -2.44. The molecule has 0 bridgehead atoms. The van der Waals surface area contributed by atoms with Gasteiger partial charge in [0.2, 0.25) is 0 Å². The summed E-state index contributed by atoms with van der Waals surface area (Å²) < 4.78 is 30.2. The summed E-state index contributed by atoms with van der Waals surface area (Å²) >= 11 is 7.14. The van der Waals surface area contributed by atoms with E-state index in [0.29, 0.717) is 49.7 Å². The van der Waals surface area contributed by atoms with Crippen LogP contribution in [0.2, 0.25) is 4.34 Å². The maximum Gasteiger partial charge on any atom is 0.261 e. The number of pyridine rings is 1. The van der Waals surface area contributed by atoms with Gasteiger partial charge in [-0.05, 0) is 36.8 Å². The van der Waals surface area contributed by atoms with E-state index in [2.05, 4.69) is 20.3 Å². The normalized spacial score (nSPS) is 20.2. The zero-order chi connectivity index (χ0) is 26.1. The Balaban J connectivity index is 1.58. The minimum atomic E-state index is -1.26. The number of benzene rings is 1. The van der Waals surface area contributed by atoms with Gasteiger partial charge in [0, 0.05) is 34.4 Å². The zero-order valence-corrected chi connectivity index (χ0v) is 21.6. The minimum absolute atomic E-state index is 0.0454. The molecule has 1 aliphatic rings. The maximum atomic E-state index is 14.9. The average Bonchev–Trinajstić information content (AvgIpc) is 3.47. The Morgan fingerprint density at radius 1 is 1.32 bits per heavy atom. The number of amidine groups is 1. The molecule has 0 spiro atoms. The quantitative estimate of drug-likeness (QED) is 0.245. The largest absolute Gasteiger partial charge is 0.382 e. The van der Waals surface area contributed by atoms with Gasteiger partial charge in [-0.15, -0.1) is 11.3 Å². The van der Waals surface area contributed by atoms with E-state index < -0.39 is 16.6 Å². The first-order valence-electron chi connectivity index (χ1n) is 11.2. The number of aliphatic imine (C=N–C) groups is 1. The molecule has 1 aromatic carbocycles. The SMILES string of the molecule is N=CN=C(N)c1cc2c(cn1)nc(-c1ccccc1F)n2C1CC(NC(=O)c2ccc(Cl)s2)CS(=O)C1. The van der Waals surface area contributed by atoms with Crippen LogP contribution in [0.15, 0.2) is 53.7 Å². The first-order valence-corrected chi connectivity index (χ1v) is 13.9. The Kier molecular flexibility index (Phi) is 7.13. The van der Waals surface area contributed by atoms with Crippen molar-refractivity contribution in [3.05, 3.63) is 69.4 Å². The van der Waals surface area contributed by atoms with Crippen LogP contribution in [0.5, 0.6) is 0 Å². The molecule has 1 saturated heterocycles. The summed E-state index contributed by atoms with van der Waals surface area (Å²) in [5, 5.41) is 10.2. The molecular weight excluding hydrogens is 537 g/mol. The summed E-state index contributed by atoms with van der Waals surface area (Å²) in [6.07, 6.45) is 2.78. The van der Waals surface area contributed by atoms with Gasteiger partial charge in [0.15, 0.2) is 5.84 Å². The number of rotatable bonds is 6. The number of carbonyl (C=O) groups excluding carboxylic acids is 1. The summed E-state index contributed by atoms with van der Waals surface area (Å²) in [6, 6.07) is 10.5. The first kappa shape index (κ1) is 25.2. The Bertz CT molecular complexity index is 1570. The fourth-order valence-electron chi connectivity index (χ4n) is 4.42. The Hall–Kier alpha value is -3.48. The first-order chi connectivity index (χ1) is 17.8. The smallest absolute Gasteiger partial charge is 0.261 e. The molecule has 9 nitrogen and oxygen atoms in total. The van der Waals surface area contributed by atoms with Gasteiger partial charge in [-0.1, -0.05) is 23.7 Å². The third-order valence-corrected chi connectivity index (χ3v) is 8.74. The van der Waals surface area contributed by atoms with Crippen LogP contribution < -0.4 is 11.1 Å². The van der Waals surface area contributed by atoms with Crippen LogP contribution in [0.25, 0.3) is 22.4 Å². The Morgan fingerprint density at radius 2 is 2.14 bits per heavy atom. The predicted octanol–water partition coefficient (Wildman–Crippen LogP) is 3.76. The lowest BCUT2D eigenvalue weighted by atomic mass is 10.1. The number of hydrogen-bond donors (Lipinski definition) is 3. The van der Waals surface area contributed by atoms with Crippen molar-refractivity contribution in [3.63, 3.8) is 0 Å². The Morgan fingerprint density at radius 3 is 2.86 bits per heavy atom. The number of amides is 1. The van der Waals surface area contributed by atoms with Crippen LogP contribution in [0.4, 0.5) is 4.39 Å². The summed E-state index contributed by atoms with van der Waals surface area (Å²) in [5.41, 5.74) is 7.67. The summed E-state index contributed by atoms with van der Waals surface area (Å²) in [5.74, 6) is 0.262. The highest BCUT2D eigenvalue weighted by Gasteiger charge is 2.32. The average molecular weight is 558 g/mol. The highest BCUT2D eigenvalue weighted by atomic mass is 35.5. The van der Waals surface area contributed by atoms with E-state index in [4.69, 9.17) is 22.7 Å². The predicted molar refractivity (Wildman–Crippen MR) is 145 cm³/mol. The van der Waals surface area contributed by atoms with Crippen LogP contribution in [0, 0.1) is 11.2 Å². The molecule has 0 aliphatic carbocycles. The van der Waals surface area contributed by atoms with Crippen molar-refractivity contribution in [2.75, 3.05) is 11.5 Å². The zero-order valence-electron chi connectivity index (χ0n) is 19.2. The van der Waals surface area contributed by atoms with Crippen LogP contribution >= 0.6 is 22.9 Å². The lowest BCUT2D eigenvalue weighted by Gasteiger charge is -2.31. The summed E-state index contributed by atoms with van der Waals surface area (Å²) in [4.78, 5) is 26.0. The van der Waals surface area contributed by atoms with Crippen molar-refractivity contribution < 1.29 is 13.4 Å². The number of nitrogens with two attached hydrogens (primary N) is 1. The van der Waals surface area contributed by atoms with Gasteiger partial charge in [-0.25, -0.2) is 14.4 Å². The molecule has 1 fully saturated rings. The van der Waals surface area contributed by atoms with Crippen molar-refractivity contribution in [3.8, 4) is 11.4 Å². The van der Waals surface area contributed by atoms with E-state index in [1.54, 1.807) is 36.4 Å². The molecule has 3 atom stereocenters. The molecule has 1 aliphatic heterocycles. The molecule has 190 valence electrons. The van der Waals surface area contributed by atoms with Gasteiger partial charge in [0.25, 0.3) is 5.91 Å². The number of nitrogens with one attached hydrogen (secondary N) is 2. The standard InChI is InChI=1S/C24H21ClFN7O2S2/c25-21-6-5-20(36-21)24(34)31-13-7-14(11-37(35)10-13)33-19-8-17(22(28)30-12-27)29-9-18(19)32-23(33)15-3-1-2-4-16(15)26/h1-6,8-9,12-14H,7,10-11H2,(H,31,34)(H3,27,28,30). The minimum Gasteiger partial charge on any atom is -0.382 e. The number of thiophene rings is 1. The van der Waals surface area contributed by atoms with Gasteiger partial charge >= 0.3 is 0 Å². The van der Waals surface area contributed by atoms with Crippen molar-refractivity contribution in [2.45, 2.75) is 18.5 Å². The van der Waals surface area contributed by atoms with Gasteiger partial charge in [-0.3, -0.25) is 19.4 Å². The topological polar surface area (TPSA) is 139 Å².